The van der Waals surface area contributed by atoms with Crippen LogP contribution in [0.5, 0.6) is 0 Å². The van der Waals surface area contributed by atoms with Gasteiger partial charge in [0.1, 0.15) is 0 Å². The van der Waals surface area contributed by atoms with Crippen molar-refractivity contribution in [3.63, 3.8) is 0 Å². The molecule has 0 saturated heterocycles. The van der Waals surface area contributed by atoms with Crippen LogP contribution >= 0.6 is 11.6 Å². The highest BCUT2D eigenvalue weighted by atomic mass is 35.5. The SMILES string of the molecule is CCOC(=O)c1ncc2[nH]c3ccc(C(=O)Cl)cc3c2c1C. The molecule has 3 rings (SSSR count). The van der Waals surface area contributed by atoms with Crippen LogP contribution in [0.25, 0.3) is 21.8 Å². The first-order chi connectivity index (χ1) is 10.5. The van der Waals surface area contributed by atoms with Crippen LogP contribution in [0.1, 0.15) is 33.3 Å². The molecular formula is C16H13ClN2O3. The van der Waals surface area contributed by atoms with Crippen molar-refractivity contribution in [2.75, 3.05) is 6.61 Å². The Bertz CT molecular complexity index is 915. The van der Waals surface area contributed by atoms with Gasteiger partial charge in [-0.25, -0.2) is 9.78 Å². The normalized spacial score (nSPS) is 11.0. The number of hydrogen-bond acceptors (Lipinski definition) is 4. The molecule has 3 aromatic rings. The van der Waals surface area contributed by atoms with Gasteiger partial charge < -0.3 is 9.72 Å². The number of aryl methyl sites for hydroxylation is 1. The van der Waals surface area contributed by atoms with Crippen LogP contribution in [0.3, 0.4) is 0 Å². The van der Waals surface area contributed by atoms with Crippen molar-refractivity contribution in [1.29, 1.82) is 0 Å². The van der Waals surface area contributed by atoms with E-state index in [0.717, 1.165) is 21.8 Å². The lowest BCUT2D eigenvalue weighted by atomic mass is 10.1. The molecule has 2 aromatic heterocycles. The molecule has 0 aliphatic carbocycles. The topological polar surface area (TPSA) is 72.0 Å². The number of fused-ring (bicyclic) bond motifs is 3. The van der Waals surface area contributed by atoms with Gasteiger partial charge in [0.25, 0.3) is 5.24 Å². The number of hydrogen-bond donors (Lipinski definition) is 1. The highest BCUT2D eigenvalue weighted by molar-refractivity contribution is 6.67. The maximum atomic E-state index is 12.0. The third-order valence-corrected chi connectivity index (χ3v) is 3.79. The predicted molar refractivity (Wildman–Crippen MR) is 84.5 cm³/mol. The second kappa shape index (κ2) is 5.42. The largest absolute Gasteiger partial charge is 0.461 e. The zero-order valence-electron chi connectivity index (χ0n) is 12.1. The van der Waals surface area contributed by atoms with Crippen LogP contribution in [0, 0.1) is 6.92 Å². The monoisotopic (exact) mass is 316 g/mol. The van der Waals surface area contributed by atoms with Crippen molar-refractivity contribution in [3.8, 4) is 0 Å². The molecule has 0 spiro atoms. The minimum Gasteiger partial charge on any atom is -0.461 e. The Balaban J connectivity index is 2.31. The average molecular weight is 317 g/mol. The summed E-state index contributed by atoms with van der Waals surface area (Å²) in [5.74, 6) is -0.458. The van der Waals surface area contributed by atoms with Crippen molar-refractivity contribution < 1.29 is 14.3 Å². The molecular weight excluding hydrogens is 304 g/mol. The Kier molecular flexibility index (Phi) is 3.58. The lowest BCUT2D eigenvalue weighted by Gasteiger charge is -2.05. The molecule has 6 heteroatoms. The molecule has 1 N–H and O–H groups in total. The number of nitrogens with one attached hydrogen (secondary N) is 1. The third-order valence-electron chi connectivity index (χ3n) is 3.58. The Morgan fingerprint density at radius 3 is 2.77 bits per heavy atom. The van der Waals surface area contributed by atoms with Gasteiger partial charge in [-0.3, -0.25) is 4.79 Å². The molecule has 0 bridgehead atoms. The molecule has 0 radical (unpaired) electrons. The standard InChI is InChI=1S/C16H13ClN2O3/c1-3-22-16(21)14-8(2)13-10-6-9(15(17)20)4-5-11(10)19-12(13)7-18-14/h4-7,19H,3H2,1-2H3. The van der Waals surface area contributed by atoms with E-state index in [1.165, 1.54) is 0 Å². The second-order valence-electron chi connectivity index (χ2n) is 4.90. The Hall–Kier alpha value is -2.40. The van der Waals surface area contributed by atoms with Crippen molar-refractivity contribution in [2.24, 2.45) is 0 Å². The average Bonchev–Trinajstić information content (AvgIpc) is 2.85. The van der Waals surface area contributed by atoms with Crippen LogP contribution in [0.15, 0.2) is 24.4 Å². The highest BCUT2D eigenvalue weighted by Gasteiger charge is 2.17. The van der Waals surface area contributed by atoms with Crippen LogP contribution in [-0.4, -0.2) is 27.8 Å². The predicted octanol–water partition coefficient (Wildman–Crippen LogP) is 3.58. The summed E-state index contributed by atoms with van der Waals surface area (Å²) in [7, 11) is 0. The van der Waals surface area contributed by atoms with E-state index in [2.05, 4.69) is 9.97 Å². The summed E-state index contributed by atoms with van der Waals surface area (Å²) in [5, 5.41) is 1.15. The minimum atomic E-state index is -0.520. The molecule has 1 aromatic carbocycles. The first-order valence-corrected chi connectivity index (χ1v) is 7.18. The van der Waals surface area contributed by atoms with E-state index >= 15 is 0 Å². The number of esters is 1. The van der Waals surface area contributed by atoms with Crippen LogP contribution in [0.4, 0.5) is 0 Å². The summed E-state index contributed by atoms with van der Waals surface area (Å²) in [6, 6.07) is 5.15. The van der Waals surface area contributed by atoms with Crippen LogP contribution in [0.2, 0.25) is 0 Å². The van der Waals surface area contributed by atoms with Gasteiger partial charge in [0.2, 0.25) is 0 Å². The first kappa shape index (κ1) is 14.5. The summed E-state index contributed by atoms with van der Waals surface area (Å²) >= 11 is 5.55. The number of rotatable bonds is 3. The van der Waals surface area contributed by atoms with E-state index in [4.69, 9.17) is 16.3 Å². The van der Waals surface area contributed by atoms with Crippen LogP contribution < -0.4 is 0 Å². The van der Waals surface area contributed by atoms with Crippen molar-refractivity contribution in [1.82, 2.24) is 9.97 Å². The number of aromatic nitrogens is 2. The zero-order chi connectivity index (χ0) is 15.9. The molecule has 0 fully saturated rings. The smallest absolute Gasteiger partial charge is 0.357 e. The number of benzene rings is 1. The maximum absolute atomic E-state index is 12.0. The molecule has 5 nitrogen and oxygen atoms in total. The first-order valence-electron chi connectivity index (χ1n) is 6.81. The molecule has 0 atom stereocenters. The molecule has 0 aliphatic rings. The Morgan fingerprint density at radius 2 is 2.09 bits per heavy atom. The Morgan fingerprint density at radius 1 is 1.32 bits per heavy atom. The van der Waals surface area contributed by atoms with Crippen LogP contribution in [-0.2, 0) is 4.74 Å². The van der Waals surface area contributed by atoms with Crippen molar-refractivity contribution in [2.45, 2.75) is 13.8 Å². The molecule has 22 heavy (non-hydrogen) atoms. The van der Waals surface area contributed by atoms with Gasteiger partial charge in [-0.2, -0.15) is 0 Å². The second-order valence-corrected chi connectivity index (χ2v) is 5.24. The van der Waals surface area contributed by atoms with Gasteiger partial charge in [-0.05, 0) is 49.2 Å². The number of ether oxygens (including phenoxy) is 1. The van der Waals surface area contributed by atoms with E-state index in [0.29, 0.717) is 11.1 Å². The quantitative estimate of drug-likeness (QED) is 0.592. The fourth-order valence-corrected chi connectivity index (χ4v) is 2.70. The number of carbonyl (C=O) groups is 2. The molecule has 2 heterocycles. The van der Waals surface area contributed by atoms with E-state index in [1.807, 2.05) is 6.92 Å². The number of carbonyl (C=O) groups excluding carboxylic acids is 2. The van der Waals surface area contributed by atoms with Gasteiger partial charge in [0.15, 0.2) is 5.69 Å². The summed E-state index contributed by atoms with van der Waals surface area (Å²) in [6.07, 6.45) is 1.59. The summed E-state index contributed by atoms with van der Waals surface area (Å²) in [4.78, 5) is 30.7. The van der Waals surface area contributed by atoms with Crippen molar-refractivity contribution >= 4 is 44.6 Å². The van der Waals surface area contributed by atoms with E-state index < -0.39 is 11.2 Å². The number of pyridine rings is 1. The minimum absolute atomic E-state index is 0.276. The van der Waals surface area contributed by atoms with E-state index in [9.17, 15) is 9.59 Å². The zero-order valence-corrected chi connectivity index (χ0v) is 12.8. The highest BCUT2D eigenvalue weighted by Crippen LogP contribution is 2.30. The van der Waals surface area contributed by atoms with Gasteiger partial charge in [0.05, 0.1) is 18.3 Å². The molecule has 0 amide bonds. The van der Waals surface area contributed by atoms with Gasteiger partial charge in [0, 0.05) is 21.9 Å². The van der Waals surface area contributed by atoms with E-state index in [-0.39, 0.29) is 12.3 Å². The number of halogens is 1. The fourth-order valence-electron chi connectivity index (χ4n) is 2.59. The third kappa shape index (κ3) is 2.23. The Labute approximate surface area is 131 Å². The summed E-state index contributed by atoms with van der Waals surface area (Å²) in [5.41, 5.74) is 3.03. The molecule has 0 saturated carbocycles. The maximum Gasteiger partial charge on any atom is 0.357 e. The van der Waals surface area contributed by atoms with Crippen molar-refractivity contribution in [3.05, 3.63) is 41.2 Å². The lowest BCUT2D eigenvalue weighted by molar-refractivity contribution is 0.0518. The van der Waals surface area contributed by atoms with Gasteiger partial charge in [-0.15, -0.1) is 0 Å². The molecule has 112 valence electrons. The van der Waals surface area contributed by atoms with Gasteiger partial charge >= 0.3 is 5.97 Å². The summed E-state index contributed by atoms with van der Waals surface area (Å²) in [6.45, 7) is 3.84. The fraction of sp³-hybridized carbons (Fsp3) is 0.188. The van der Waals surface area contributed by atoms with E-state index in [1.54, 1.807) is 31.3 Å². The molecule has 0 aliphatic heterocycles. The molecule has 0 unspecified atom stereocenters. The number of aromatic amines is 1. The number of H-pyrrole nitrogens is 1. The lowest BCUT2D eigenvalue weighted by Crippen LogP contribution is -2.09. The number of nitrogens with zero attached hydrogens (tertiary/aromatic N) is 1. The summed E-state index contributed by atoms with van der Waals surface area (Å²) < 4.78 is 5.02. The van der Waals surface area contributed by atoms with Gasteiger partial charge in [-0.1, -0.05) is 0 Å².